The van der Waals surface area contributed by atoms with E-state index >= 15 is 0 Å². The topological polar surface area (TPSA) is 56.1 Å². The quantitative estimate of drug-likeness (QED) is 0.865. The van der Waals surface area contributed by atoms with Crippen LogP contribution in [-0.4, -0.2) is 30.6 Å². The van der Waals surface area contributed by atoms with Gasteiger partial charge in [0.15, 0.2) is 0 Å². The predicted molar refractivity (Wildman–Crippen MR) is 82.8 cm³/mol. The molecule has 0 aromatic heterocycles. The van der Waals surface area contributed by atoms with E-state index in [0.717, 1.165) is 25.7 Å². The molecule has 0 aliphatic carbocycles. The first-order valence-electron chi connectivity index (χ1n) is 7.67. The third kappa shape index (κ3) is 4.78. The Hall–Kier alpha value is -2.02. The highest BCUT2D eigenvalue weighted by atomic mass is 16.2. The van der Waals surface area contributed by atoms with Crippen molar-refractivity contribution in [2.45, 2.75) is 32.6 Å². The fraction of sp³-hybridized carbons (Fsp3) is 0.529. The minimum Gasteiger partial charge on any atom is -0.338 e. The smallest absolute Gasteiger partial charge is 0.317 e. The number of piperidine rings is 1. The molecule has 1 aliphatic rings. The van der Waals surface area contributed by atoms with Gasteiger partial charge in [0, 0.05) is 25.6 Å². The van der Waals surface area contributed by atoms with Crippen LogP contribution in [0.3, 0.4) is 0 Å². The average Bonchev–Trinajstić information content (AvgIpc) is 2.51. The Labute approximate surface area is 126 Å². The molecule has 0 unspecified atom stereocenters. The lowest BCUT2D eigenvalue weighted by Gasteiger charge is -2.29. The van der Waals surface area contributed by atoms with Crippen LogP contribution in [0.15, 0.2) is 24.3 Å². The number of nitriles is 1. The highest BCUT2D eigenvalue weighted by Gasteiger charge is 2.21. The molecule has 112 valence electrons. The zero-order valence-electron chi connectivity index (χ0n) is 12.6. The van der Waals surface area contributed by atoms with E-state index in [1.807, 2.05) is 4.90 Å². The van der Waals surface area contributed by atoms with E-state index in [-0.39, 0.29) is 11.9 Å². The lowest BCUT2D eigenvalue weighted by atomic mass is 9.99. The molecular weight excluding hydrogens is 262 g/mol. The second-order valence-electron chi connectivity index (χ2n) is 5.71. The third-order valence-electron chi connectivity index (χ3n) is 3.97. The van der Waals surface area contributed by atoms with Gasteiger partial charge in [0.2, 0.25) is 0 Å². The Morgan fingerprint density at radius 2 is 2.19 bits per heavy atom. The standard InChI is InChI=1S/C17H23N3O/c1-14-4-2-5-15(12-14)6-3-9-19-17(21)20-10-7-16(13-18)8-11-20/h2,4-5,12,16H,3,6-11H2,1H3,(H,19,21). The van der Waals surface area contributed by atoms with E-state index < -0.39 is 0 Å². The van der Waals surface area contributed by atoms with Crippen LogP contribution >= 0.6 is 0 Å². The molecule has 2 amide bonds. The van der Waals surface area contributed by atoms with Crippen LogP contribution in [-0.2, 0) is 6.42 Å². The molecule has 1 heterocycles. The average molecular weight is 285 g/mol. The van der Waals surface area contributed by atoms with Crippen molar-refractivity contribution in [2.75, 3.05) is 19.6 Å². The van der Waals surface area contributed by atoms with E-state index in [2.05, 4.69) is 42.6 Å². The van der Waals surface area contributed by atoms with Crippen LogP contribution in [0, 0.1) is 24.2 Å². The number of carbonyl (C=O) groups excluding carboxylic acids is 1. The molecule has 1 aromatic rings. The molecule has 0 atom stereocenters. The van der Waals surface area contributed by atoms with Gasteiger partial charge in [-0.3, -0.25) is 0 Å². The second kappa shape index (κ2) is 7.68. The van der Waals surface area contributed by atoms with Gasteiger partial charge in [-0.25, -0.2) is 4.79 Å². The largest absolute Gasteiger partial charge is 0.338 e. The zero-order valence-corrected chi connectivity index (χ0v) is 12.6. The van der Waals surface area contributed by atoms with Crippen molar-refractivity contribution in [2.24, 2.45) is 5.92 Å². The van der Waals surface area contributed by atoms with E-state index in [1.54, 1.807) is 0 Å². The monoisotopic (exact) mass is 285 g/mol. The molecule has 0 saturated carbocycles. The summed E-state index contributed by atoms with van der Waals surface area (Å²) in [7, 11) is 0. The maximum absolute atomic E-state index is 12.0. The fourth-order valence-electron chi connectivity index (χ4n) is 2.68. The minimum absolute atomic E-state index is 0.00984. The van der Waals surface area contributed by atoms with Gasteiger partial charge in [0.25, 0.3) is 0 Å². The predicted octanol–water partition coefficient (Wildman–Crippen LogP) is 2.87. The molecule has 1 fully saturated rings. The van der Waals surface area contributed by atoms with Crippen LogP contribution in [0.4, 0.5) is 4.79 Å². The third-order valence-corrected chi connectivity index (χ3v) is 3.97. The van der Waals surface area contributed by atoms with Crippen molar-refractivity contribution in [1.29, 1.82) is 5.26 Å². The summed E-state index contributed by atoms with van der Waals surface area (Å²) in [6.45, 7) is 4.19. The van der Waals surface area contributed by atoms with Gasteiger partial charge in [-0.15, -0.1) is 0 Å². The molecule has 0 bridgehead atoms. The highest BCUT2D eigenvalue weighted by molar-refractivity contribution is 5.74. The molecule has 1 aromatic carbocycles. The second-order valence-corrected chi connectivity index (χ2v) is 5.71. The first-order valence-corrected chi connectivity index (χ1v) is 7.67. The van der Waals surface area contributed by atoms with Crippen molar-refractivity contribution in [3.63, 3.8) is 0 Å². The number of aryl methyl sites for hydroxylation is 2. The number of amides is 2. The molecule has 2 rings (SSSR count). The molecule has 0 spiro atoms. The number of nitrogens with zero attached hydrogens (tertiary/aromatic N) is 2. The Morgan fingerprint density at radius 1 is 1.43 bits per heavy atom. The van der Waals surface area contributed by atoms with Crippen LogP contribution < -0.4 is 5.32 Å². The molecule has 4 nitrogen and oxygen atoms in total. The number of nitrogens with one attached hydrogen (secondary N) is 1. The van der Waals surface area contributed by atoms with Crippen molar-refractivity contribution in [3.8, 4) is 6.07 Å². The van der Waals surface area contributed by atoms with Gasteiger partial charge >= 0.3 is 6.03 Å². The Balaban J connectivity index is 1.65. The molecule has 1 aliphatic heterocycles. The van der Waals surface area contributed by atoms with Crippen LogP contribution in [0.2, 0.25) is 0 Å². The maximum Gasteiger partial charge on any atom is 0.317 e. The number of benzene rings is 1. The molecular formula is C17H23N3O. The Kier molecular flexibility index (Phi) is 5.62. The zero-order chi connectivity index (χ0) is 15.1. The Morgan fingerprint density at radius 3 is 2.86 bits per heavy atom. The summed E-state index contributed by atoms with van der Waals surface area (Å²) in [5, 5.41) is 11.8. The van der Waals surface area contributed by atoms with Crippen molar-refractivity contribution in [3.05, 3.63) is 35.4 Å². The van der Waals surface area contributed by atoms with Crippen molar-refractivity contribution in [1.82, 2.24) is 10.2 Å². The van der Waals surface area contributed by atoms with Gasteiger partial charge < -0.3 is 10.2 Å². The first-order chi connectivity index (χ1) is 10.2. The highest BCUT2D eigenvalue weighted by Crippen LogP contribution is 2.15. The van der Waals surface area contributed by atoms with Gasteiger partial charge in [-0.1, -0.05) is 29.8 Å². The molecule has 1 saturated heterocycles. The number of hydrogen-bond donors (Lipinski definition) is 1. The van der Waals surface area contributed by atoms with Gasteiger partial charge in [0.1, 0.15) is 0 Å². The number of urea groups is 1. The van der Waals surface area contributed by atoms with Crippen LogP contribution in [0.25, 0.3) is 0 Å². The van der Waals surface area contributed by atoms with E-state index in [4.69, 9.17) is 5.26 Å². The summed E-state index contributed by atoms with van der Waals surface area (Å²) in [6, 6.07) is 10.8. The molecule has 21 heavy (non-hydrogen) atoms. The number of rotatable bonds is 4. The normalized spacial score (nSPS) is 15.5. The maximum atomic E-state index is 12.0. The molecule has 4 heteroatoms. The van der Waals surface area contributed by atoms with Crippen LogP contribution in [0.5, 0.6) is 0 Å². The van der Waals surface area contributed by atoms with E-state index in [0.29, 0.717) is 19.6 Å². The number of hydrogen-bond acceptors (Lipinski definition) is 2. The first kappa shape index (κ1) is 15.4. The summed E-state index contributed by atoms with van der Waals surface area (Å²) in [5.74, 6) is 0.121. The lowest BCUT2D eigenvalue weighted by molar-refractivity contribution is 0.179. The number of carbonyl (C=O) groups is 1. The Bertz CT molecular complexity index is 513. The summed E-state index contributed by atoms with van der Waals surface area (Å²) in [6.07, 6.45) is 3.53. The molecule has 0 radical (unpaired) electrons. The summed E-state index contributed by atoms with van der Waals surface area (Å²) >= 11 is 0. The minimum atomic E-state index is 0.00984. The summed E-state index contributed by atoms with van der Waals surface area (Å²) in [4.78, 5) is 13.8. The van der Waals surface area contributed by atoms with Crippen molar-refractivity contribution >= 4 is 6.03 Å². The molecule has 1 N–H and O–H groups in total. The van der Waals surface area contributed by atoms with E-state index in [1.165, 1.54) is 11.1 Å². The van der Waals surface area contributed by atoms with E-state index in [9.17, 15) is 4.79 Å². The summed E-state index contributed by atoms with van der Waals surface area (Å²) < 4.78 is 0. The van der Waals surface area contributed by atoms with Crippen molar-refractivity contribution < 1.29 is 4.79 Å². The fourth-order valence-corrected chi connectivity index (χ4v) is 2.68. The lowest BCUT2D eigenvalue weighted by Crippen LogP contribution is -2.44. The van der Waals surface area contributed by atoms with Crippen LogP contribution in [0.1, 0.15) is 30.4 Å². The SMILES string of the molecule is Cc1cccc(CCCNC(=O)N2CCC(C#N)CC2)c1. The summed E-state index contributed by atoms with van der Waals surface area (Å²) in [5.41, 5.74) is 2.59. The van der Waals surface area contributed by atoms with Gasteiger partial charge in [-0.05, 0) is 38.2 Å². The van der Waals surface area contributed by atoms with Gasteiger partial charge in [0.05, 0.1) is 6.07 Å². The number of likely N-dealkylation sites (tertiary alicyclic amines) is 1. The van der Waals surface area contributed by atoms with Gasteiger partial charge in [-0.2, -0.15) is 5.26 Å².